The van der Waals surface area contributed by atoms with Gasteiger partial charge >= 0.3 is 0 Å². The minimum Gasteiger partial charge on any atom is -0.298 e. The van der Waals surface area contributed by atoms with Gasteiger partial charge in [-0.25, -0.2) is 0 Å². The zero-order valence-corrected chi connectivity index (χ0v) is 11.0. The van der Waals surface area contributed by atoms with E-state index in [1.807, 2.05) is 17.8 Å². The Balaban J connectivity index is 2.30. The van der Waals surface area contributed by atoms with Gasteiger partial charge in [0.2, 0.25) is 0 Å². The van der Waals surface area contributed by atoms with Gasteiger partial charge in [0.15, 0.2) is 6.29 Å². The maximum atomic E-state index is 11.1. The van der Waals surface area contributed by atoms with Gasteiger partial charge in [0.25, 0.3) is 0 Å². The van der Waals surface area contributed by atoms with Crippen LogP contribution in [0.1, 0.15) is 30.6 Å². The number of rotatable bonds is 5. The zero-order chi connectivity index (χ0) is 13.1. The highest BCUT2D eigenvalue weighted by atomic mass is 16.1. The predicted molar refractivity (Wildman–Crippen MR) is 69.3 cm³/mol. The van der Waals surface area contributed by atoms with Crippen molar-refractivity contribution >= 4 is 6.29 Å². The number of aromatic nitrogens is 4. The molecule has 0 aromatic carbocycles. The molecule has 2 aromatic heterocycles. The Hall–Kier alpha value is -1.91. The lowest BCUT2D eigenvalue weighted by Gasteiger charge is -2.04. The van der Waals surface area contributed by atoms with Crippen LogP contribution in [0.2, 0.25) is 0 Å². The summed E-state index contributed by atoms with van der Waals surface area (Å²) in [5.41, 5.74) is 2.18. The summed E-state index contributed by atoms with van der Waals surface area (Å²) in [4.78, 5) is 11.1. The lowest BCUT2D eigenvalue weighted by molar-refractivity contribution is 0.112. The first-order valence-corrected chi connectivity index (χ1v) is 6.13. The molecule has 5 heteroatoms. The summed E-state index contributed by atoms with van der Waals surface area (Å²) in [5, 5.41) is 8.58. The first-order valence-electron chi connectivity index (χ1n) is 6.13. The van der Waals surface area contributed by atoms with Crippen molar-refractivity contribution in [1.29, 1.82) is 0 Å². The number of aldehydes is 1. The SMILES string of the molecule is CC(C)CCn1cc(C=O)c(-c2ccnn2C)n1. The van der Waals surface area contributed by atoms with Gasteiger partial charge in [-0.3, -0.25) is 14.2 Å². The summed E-state index contributed by atoms with van der Waals surface area (Å²) in [6.45, 7) is 5.18. The van der Waals surface area contributed by atoms with Crippen molar-refractivity contribution in [2.75, 3.05) is 0 Å². The molecule has 0 amide bonds. The molecule has 0 fully saturated rings. The van der Waals surface area contributed by atoms with Gasteiger partial charge in [-0.2, -0.15) is 10.2 Å². The lowest BCUT2D eigenvalue weighted by atomic mass is 10.1. The van der Waals surface area contributed by atoms with E-state index < -0.39 is 0 Å². The van der Waals surface area contributed by atoms with Gasteiger partial charge in [0.05, 0.1) is 11.3 Å². The molecule has 0 saturated heterocycles. The van der Waals surface area contributed by atoms with Gasteiger partial charge < -0.3 is 0 Å². The van der Waals surface area contributed by atoms with E-state index in [-0.39, 0.29) is 0 Å². The number of nitrogens with zero attached hydrogens (tertiary/aromatic N) is 4. The zero-order valence-electron chi connectivity index (χ0n) is 11.0. The van der Waals surface area contributed by atoms with E-state index in [9.17, 15) is 4.79 Å². The highest BCUT2D eigenvalue weighted by molar-refractivity contribution is 5.84. The fourth-order valence-corrected chi connectivity index (χ4v) is 1.83. The summed E-state index contributed by atoms with van der Waals surface area (Å²) in [5.74, 6) is 0.619. The Bertz CT molecular complexity index is 539. The molecule has 0 aliphatic rings. The second kappa shape index (κ2) is 5.16. The Labute approximate surface area is 106 Å². The topological polar surface area (TPSA) is 52.7 Å². The average Bonchev–Trinajstić information content (AvgIpc) is 2.91. The van der Waals surface area contributed by atoms with Crippen molar-refractivity contribution in [1.82, 2.24) is 19.6 Å². The molecule has 0 atom stereocenters. The smallest absolute Gasteiger partial charge is 0.153 e. The van der Waals surface area contributed by atoms with Crippen LogP contribution in [-0.2, 0) is 13.6 Å². The molecule has 0 aliphatic carbocycles. The quantitative estimate of drug-likeness (QED) is 0.759. The third-order valence-electron chi connectivity index (χ3n) is 2.92. The number of hydrogen-bond acceptors (Lipinski definition) is 3. The first-order chi connectivity index (χ1) is 8.61. The van der Waals surface area contributed by atoms with E-state index in [0.29, 0.717) is 17.2 Å². The summed E-state index contributed by atoms with van der Waals surface area (Å²) in [6, 6.07) is 1.86. The minimum absolute atomic E-state index is 0.613. The highest BCUT2D eigenvalue weighted by Gasteiger charge is 2.13. The third-order valence-corrected chi connectivity index (χ3v) is 2.92. The van der Waals surface area contributed by atoms with Gasteiger partial charge in [-0.15, -0.1) is 0 Å². The highest BCUT2D eigenvalue weighted by Crippen LogP contribution is 2.20. The van der Waals surface area contributed by atoms with Crippen LogP contribution >= 0.6 is 0 Å². The van der Waals surface area contributed by atoms with Crippen LogP contribution in [0.25, 0.3) is 11.4 Å². The monoisotopic (exact) mass is 246 g/mol. The molecule has 0 bridgehead atoms. The largest absolute Gasteiger partial charge is 0.298 e. The molecule has 2 heterocycles. The number of hydrogen-bond donors (Lipinski definition) is 0. The van der Waals surface area contributed by atoms with Gasteiger partial charge in [-0.05, 0) is 18.4 Å². The van der Waals surface area contributed by atoms with Crippen molar-refractivity contribution in [3.05, 3.63) is 24.0 Å². The molecule has 0 N–H and O–H groups in total. The molecular formula is C13H18N4O. The van der Waals surface area contributed by atoms with Crippen molar-refractivity contribution in [2.24, 2.45) is 13.0 Å². The molecule has 0 unspecified atom stereocenters. The summed E-state index contributed by atoms with van der Waals surface area (Å²) >= 11 is 0. The Morgan fingerprint density at radius 1 is 1.44 bits per heavy atom. The molecule has 0 saturated carbocycles. The van der Waals surface area contributed by atoms with Gasteiger partial charge in [0.1, 0.15) is 5.69 Å². The Morgan fingerprint density at radius 3 is 2.78 bits per heavy atom. The molecule has 18 heavy (non-hydrogen) atoms. The van der Waals surface area contributed by atoms with E-state index in [0.717, 1.165) is 24.9 Å². The van der Waals surface area contributed by atoms with E-state index in [1.54, 1.807) is 17.1 Å². The maximum absolute atomic E-state index is 11.1. The Morgan fingerprint density at radius 2 is 2.22 bits per heavy atom. The van der Waals surface area contributed by atoms with E-state index >= 15 is 0 Å². The number of aryl methyl sites for hydroxylation is 2. The van der Waals surface area contributed by atoms with E-state index in [4.69, 9.17) is 0 Å². The standard InChI is InChI=1S/C13H18N4O/c1-10(2)5-7-17-8-11(9-18)13(15-17)12-4-6-14-16(12)3/h4,6,8-10H,5,7H2,1-3H3. The van der Waals surface area contributed by atoms with Crippen molar-refractivity contribution in [3.63, 3.8) is 0 Å². The summed E-state index contributed by atoms with van der Waals surface area (Å²) in [6.07, 6.45) is 5.40. The molecule has 2 rings (SSSR count). The molecule has 0 aliphatic heterocycles. The third kappa shape index (κ3) is 2.50. The van der Waals surface area contributed by atoms with Crippen molar-refractivity contribution in [2.45, 2.75) is 26.8 Å². The van der Waals surface area contributed by atoms with Gasteiger partial charge in [0, 0.05) is 26.0 Å². The van der Waals surface area contributed by atoms with E-state index in [2.05, 4.69) is 24.0 Å². The van der Waals surface area contributed by atoms with Crippen LogP contribution < -0.4 is 0 Å². The predicted octanol–water partition coefficient (Wildman–Crippen LogP) is 2.14. The number of carbonyl (C=O) groups excluding carboxylic acids is 1. The van der Waals surface area contributed by atoms with Crippen molar-refractivity contribution < 1.29 is 4.79 Å². The molecule has 96 valence electrons. The van der Waals surface area contributed by atoms with E-state index in [1.165, 1.54) is 0 Å². The fraction of sp³-hybridized carbons (Fsp3) is 0.462. The molecule has 5 nitrogen and oxygen atoms in total. The summed E-state index contributed by atoms with van der Waals surface area (Å²) in [7, 11) is 1.84. The average molecular weight is 246 g/mol. The van der Waals surface area contributed by atoms with Crippen LogP contribution in [0, 0.1) is 5.92 Å². The minimum atomic E-state index is 0.613. The van der Waals surface area contributed by atoms with Gasteiger partial charge in [-0.1, -0.05) is 13.8 Å². The maximum Gasteiger partial charge on any atom is 0.153 e. The normalized spacial score (nSPS) is 11.1. The number of carbonyl (C=O) groups is 1. The summed E-state index contributed by atoms with van der Waals surface area (Å²) < 4.78 is 3.56. The van der Waals surface area contributed by atoms with Crippen LogP contribution in [0.4, 0.5) is 0 Å². The van der Waals surface area contributed by atoms with Crippen LogP contribution in [-0.4, -0.2) is 25.8 Å². The molecule has 2 aromatic rings. The van der Waals surface area contributed by atoms with Crippen molar-refractivity contribution in [3.8, 4) is 11.4 Å². The second-order valence-corrected chi connectivity index (χ2v) is 4.84. The Kier molecular flexibility index (Phi) is 3.60. The fourth-order valence-electron chi connectivity index (χ4n) is 1.83. The molecule has 0 spiro atoms. The van der Waals surface area contributed by atoms with Crippen LogP contribution in [0.5, 0.6) is 0 Å². The first kappa shape index (κ1) is 12.5. The molecule has 0 radical (unpaired) electrons. The van der Waals surface area contributed by atoms with Crippen LogP contribution in [0.3, 0.4) is 0 Å². The van der Waals surface area contributed by atoms with Crippen LogP contribution in [0.15, 0.2) is 18.5 Å². The second-order valence-electron chi connectivity index (χ2n) is 4.84. The molecular weight excluding hydrogens is 228 g/mol. The lowest BCUT2D eigenvalue weighted by Crippen LogP contribution is -2.02.